The van der Waals surface area contributed by atoms with E-state index in [9.17, 15) is 0 Å². The number of pyridine rings is 1. The van der Waals surface area contributed by atoms with Gasteiger partial charge in [0.1, 0.15) is 6.07 Å². The van der Waals surface area contributed by atoms with Gasteiger partial charge >= 0.3 is 0 Å². The number of nitriles is 1. The fourth-order valence-corrected chi connectivity index (χ4v) is 1.27. The molecule has 1 heterocycles. The quantitative estimate of drug-likeness (QED) is 0.674. The van der Waals surface area contributed by atoms with Crippen LogP contribution >= 0.6 is 0 Å². The van der Waals surface area contributed by atoms with E-state index in [0.29, 0.717) is 11.3 Å². The summed E-state index contributed by atoms with van der Waals surface area (Å²) in [6, 6.07) is 16.0. The Kier molecular flexibility index (Phi) is 2.24. The highest BCUT2D eigenvalue weighted by Crippen LogP contribution is 2.19. The van der Waals surface area contributed by atoms with Crippen LogP contribution in [-0.4, -0.2) is 4.98 Å². The molecule has 1 radical (unpaired) electrons. The summed E-state index contributed by atoms with van der Waals surface area (Å²) in [5.74, 6) is 0. The maximum absolute atomic E-state index is 8.88. The van der Waals surface area contributed by atoms with Crippen molar-refractivity contribution in [2.45, 2.75) is 0 Å². The van der Waals surface area contributed by atoms with Crippen molar-refractivity contribution in [1.29, 1.82) is 5.26 Å². The summed E-state index contributed by atoms with van der Waals surface area (Å²) in [6.45, 7) is 0. The van der Waals surface area contributed by atoms with Crippen LogP contribution in [0.4, 0.5) is 0 Å². The van der Waals surface area contributed by atoms with Crippen molar-refractivity contribution >= 4 is 0 Å². The van der Waals surface area contributed by atoms with Gasteiger partial charge in [-0.3, -0.25) is 4.98 Å². The van der Waals surface area contributed by atoms with E-state index in [1.807, 2.05) is 24.3 Å². The van der Waals surface area contributed by atoms with Gasteiger partial charge in [0.15, 0.2) is 0 Å². The molecule has 2 rings (SSSR count). The first-order valence-corrected chi connectivity index (χ1v) is 4.23. The van der Waals surface area contributed by atoms with Crippen LogP contribution in [0.15, 0.2) is 42.6 Å². The van der Waals surface area contributed by atoms with Gasteiger partial charge in [-0.05, 0) is 24.3 Å². The van der Waals surface area contributed by atoms with E-state index in [1.165, 1.54) is 0 Å². The number of nitrogens with zero attached hydrogens (tertiary/aromatic N) is 2. The molecule has 65 valence electrons. The van der Waals surface area contributed by atoms with Gasteiger partial charge < -0.3 is 0 Å². The van der Waals surface area contributed by atoms with Gasteiger partial charge in [0.05, 0.1) is 11.3 Å². The molecule has 0 bridgehead atoms. The molecule has 14 heavy (non-hydrogen) atoms. The maximum atomic E-state index is 8.88. The van der Waals surface area contributed by atoms with Crippen LogP contribution in [0.1, 0.15) is 5.56 Å². The number of benzene rings is 1. The molecular weight excluding hydrogens is 172 g/mol. The summed E-state index contributed by atoms with van der Waals surface area (Å²) in [7, 11) is 0. The van der Waals surface area contributed by atoms with E-state index >= 15 is 0 Å². The van der Waals surface area contributed by atoms with Gasteiger partial charge in [-0.25, -0.2) is 0 Å². The third-order valence-corrected chi connectivity index (χ3v) is 1.91. The molecular formula is C12H7N2. The Balaban J connectivity index is 2.58. The second-order valence-corrected chi connectivity index (χ2v) is 2.80. The van der Waals surface area contributed by atoms with Crippen LogP contribution in [-0.2, 0) is 0 Å². The fourth-order valence-electron chi connectivity index (χ4n) is 1.27. The lowest BCUT2D eigenvalue weighted by Gasteiger charge is -2.00. The summed E-state index contributed by atoms with van der Waals surface area (Å²) in [4.78, 5) is 4.18. The van der Waals surface area contributed by atoms with Crippen molar-refractivity contribution in [3.05, 3.63) is 54.2 Å². The Bertz CT molecular complexity index is 469. The number of hydrogen-bond acceptors (Lipinski definition) is 2. The van der Waals surface area contributed by atoms with Crippen molar-refractivity contribution in [3.8, 4) is 17.3 Å². The van der Waals surface area contributed by atoms with Crippen LogP contribution in [0, 0.1) is 17.4 Å². The van der Waals surface area contributed by atoms with Crippen LogP contribution in [0.5, 0.6) is 0 Å². The standard InChI is InChI=1S/C12H7N2/c13-9-11-7-4-8-14-12(11)10-5-2-1-3-6-10/h1-2,4-8H. The van der Waals surface area contributed by atoms with E-state index in [-0.39, 0.29) is 0 Å². The smallest absolute Gasteiger partial charge is 0.101 e. The summed E-state index contributed by atoms with van der Waals surface area (Å²) in [5.41, 5.74) is 2.23. The summed E-state index contributed by atoms with van der Waals surface area (Å²) in [6.07, 6.45) is 1.68. The molecule has 0 spiro atoms. The SMILES string of the molecule is N#Cc1cccnc1-c1c[c]ccc1. The summed E-state index contributed by atoms with van der Waals surface area (Å²) in [5, 5.41) is 8.88. The second-order valence-electron chi connectivity index (χ2n) is 2.80. The largest absolute Gasteiger partial charge is 0.255 e. The topological polar surface area (TPSA) is 36.7 Å². The third-order valence-electron chi connectivity index (χ3n) is 1.91. The zero-order valence-corrected chi connectivity index (χ0v) is 7.44. The maximum Gasteiger partial charge on any atom is 0.101 e. The van der Waals surface area contributed by atoms with Crippen LogP contribution in [0.3, 0.4) is 0 Å². The molecule has 2 nitrogen and oxygen atoms in total. The normalized spacial score (nSPS) is 9.36. The molecule has 0 aliphatic rings. The van der Waals surface area contributed by atoms with Gasteiger partial charge in [-0.15, -0.1) is 0 Å². The molecule has 0 unspecified atom stereocenters. The predicted molar refractivity (Wildman–Crippen MR) is 53.2 cm³/mol. The third kappa shape index (κ3) is 1.48. The lowest BCUT2D eigenvalue weighted by molar-refractivity contribution is 1.30. The van der Waals surface area contributed by atoms with E-state index in [4.69, 9.17) is 5.26 Å². The average Bonchev–Trinajstić information content (AvgIpc) is 2.30. The first-order chi connectivity index (χ1) is 6.92. The molecule has 0 fully saturated rings. The molecule has 1 aromatic carbocycles. The second kappa shape index (κ2) is 3.71. The summed E-state index contributed by atoms with van der Waals surface area (Å²) < 4.78 is 0. The molecule has 2 heteroatoms. The Morgan fingerprint density at radius 2 is 2.21 bits per heavy atom. The molecule has 0 saturated carbocycles. The van der Waals surface area contributed by atoms with E-state index in [0.717, 1.165) is 5.56 Å². The minimum Gasteiger partial charge on any atom is -0.255 e. The fraction of sp³-hybridized carbons (Fsp3) is 0. The highest BCUT2D eigenvalue weighted by molar-refractivity contribution is 5.65. The van der Waals surface area contributed by atoms with Crippen molar-refractivity contribution in [2.24, 2.45) is 0 Å². The Labute approximate surface area is 82.5 Å². The first-order valence-electron chi connectivity index (χ1n) is 4.23. The molecule has 0 aliphatic heterocycles. The van der Waals surface area contributed by atoms with E-state index < -0.39 is 0 Å². The molecule has 2 aromatic rings. The molecule has 1 aromatic heterocycles. The molecule has 0 aliphatic carbocycles. The number of rotatable bonds is 1. The van der Waals surface area contributed by atoms with Gasteiger partial charge in [0, 0.05) is 11.8 Å². The number of aromatic nitrogens is 1. The van der Waals surface area contributed by atoms with Gasteiger partial charge in [-0.2, -0.15) is 5.26 Å². The predicted octanol–water partition coefficient (Wildman–Crippen LogP) is 2.42. The number of hydrogen-bond donors (Lipinski definition) is 0. The highest BCUT2D eigenvalue weighted by Gasteiger charge is 2.03. The Morgan fingerprint density at radius 3 is 2.93 bits per heavy atom. The lowest BCUT2D eigenvalue weighted by atomic mass is 10.1. The monoisotopic (exact) mass is 179 g/mol. The minimum atomic E-state index is 0.590. The molecule has 0 saturated heterocycles. The zero-order valence-electron chi connectivity index (χ0n) is 7.44. The van der Waals surface area contributed by atoms with Crippen molar-refractivity contribution < 1.29 is 0 Å². The van der Waals surface area contributed by atoms with E-state index in [1.54, 1.807) is 18.3 Å². The average molecular weight is 179 g/mol. The van der Waals surface area contributed by atoms with Gasteiger partial charge in [0.25, 0.3) is 0 Å². The van der Waals surface area contributed by atoms with Crippen molar-refractivity contribution in [3.63, 3.8) is 0 Å². The van der Waals surface area contributed by atoms with Gasteiger partial charge in [0.2, 0.25) is 0 Å². The lowest BCUT2D eigenvalue weighted by Crippen LogP contribution is -1.87. The minimum absolute atomic E-state index is 0.590. The van der Waals surface area contributed by atoms with Crippen LogP contribution in [0.2, 0.25) is 0 Å². The van der Waals surface area contributed by atoms with Crippen molar-refractivity contribution in [2.75, 3.05) is 0 Å². The van der Waals surface area contributed by atoms with Crippen molar-refractivity contribution in [1.82, 2.24) is 4.98 Å². The zero-order chi connectivity index (χ0) is 9.80. The molecule has 0 atom stereocenters. The Hall–Kier alpha value is -2.14. The summed E-state index contributed by atoms with van der Waals surface area (Å²) >= 11 is 0. The Morgan fingerprint density at radius 1 is 1.29 bits per heavy atom. The van der Waals surface area contributed by atoms with Crippen LogP contribution < -0.4 is 0 Å². The molecule has 0 amide bonds. The van der Waals surface area contributed by atoms with Gasteiger partial charge in [-0.1, -0.05) is 18.2 Å². The molecule has 0 N–H and O–H groups in total. The first kappa shape index (κ1) is 8.46. The highest BCUT2D eigenvalue weighted by atomic mass is 14.7. The van der Waals surface area contributed by atoms with Crippen LogP contribution in [0.25, 0.3) is 11.3 Å². The van der Waals surface area contributed by atoms with E-state index in [2.05, 4.69) is 17.1 Å².